The van der Waals surface area contributed by atoms with Gasteiger partial charge in [-0.2, -0.15) is 36.3 Å². The highest BCUT2D eigenvalue weighted by Gasteiger charge is 2.35. The normalized spacial score (nSPS) is 11.6. The Labute approximate surface area is 178 Å². The van der Waals surface area contributed by atoms with Crippen molar-refractivity contribution in [3.8, 4) is 0 Å². The first kappa shape index (κ1) is 23.9. The molecule has 168 valence electrons. The van der Waals surface area contributed by atoms with E-state index in [1.807, 2.05) is 4.98 Å². The van der Waals surface area contributed by atoms with E-state index in [4.69, 9.17) is 11.5 Å². The van der Waals surface area contributed by atoms with Crippen molar-refractivity contribution >= 4 is 56.8 Å². The number of aromatic amines is 4. The Balaban J connectivity index is 0.000000187. The van der Waals surface area contributed by atoms with Gasteiger partial charge >= 0.3 is 10.4 Å². The van der Waals surface area contributed by atoms with Gasteiger partial charge in [0.1, 0.15) is 0 Å². The van der Waals surface area contributed by atoms with E-state index in [9.17, 15) is 35.9 Å². The summed E-state index contributed by atoms with van der Waals surface area (Å²) in [6, 6.07) is 0. The topological polar surface area (TPSA) is 201 Å². The number of aromatic nitrogens is 8. The van der Waals surface area contributed by atoms with E-state index in [1.165, 1.54) is 6.33 Å². The van der Waals surface area contributed by atoms with Gasteiger partial charge in [0.25, 0.3) is 11.1 Å². The van der Waals surface area contributed by atoms with Crippen molar-refractivity contribution in [3.05, 3.63) is 32.9 Å². The highest BCUT2D eigenvalue weighted by atomic mass is 127. The highest BCUT2D eigenvalue weighted by Crippen LogP contribution is 2.27. The molecule has 4 rings (SSSR count). The van der Waals surface area contributed by atoms with E-state index < -0.39 is 21.7 Å². The molecule has 0 saturated carbocycles. The van der Waals surface area contributed by atoms with Gasteiger partial charge in [-0.15, -0.1) is 0 Å². The van der Waals surface area contributed by atoms with Crippen molar-refractivity contribution in [2.75, 3.05) is 11.5 Å². The summed E-state index contributed by atoms with van der Waals surface area (Å²) >= 11 is 0.378. The molecule has 0 aliphatic carbocycles. The number of anilines is 2. The van der Waals surface area contributed by atoms with E-state index in [2.05, 4.69) is 34.9 Å². The van der Waals surface area contributed by atoms with Crippen molar-refractivity contribution in [1.29, 1.82) is 0 Å². The lowest BCUT2D eigenvalue weighted by molar-refractivity contribution is -0.144. The SMILES string of the molecule is FC(F)(F)I.Nc1nc2nc(C(F)(F)F)[nH]c2c(=O)[nH]1.Nc1nc2nc[nH]c2c(=O)[nH]1. The van der Waals surface area contributed by atoms with Crippen molar-refractivity contribution < 1.29 is 26.3 Å². The standard InChI is InChI=1S/C6H4F3N5O.C5H5N5O.CF3I/c7-6(8,9)4-11-1-2(12-4)13-5(10)14-3(1)15;6-5-9-3-2(4(11)10-5)7-1-8-3;2-1(3,4)5/h(H4,10,11,12,13,14,15);1H,(H4,6,7,8,9,10,11);. The number of H-pyrrole nitrogens is 4. The molecule has 4 aromatic heterocycles. The molecular formula is C12H9F6IN10O2. The lowest BCUT2D eigenvalue weighted by Gasteiger charge is -1.98. The molecule has 0 saturated heterocycles. The third-order valence-corrected chi connectivity index (χ3v) is 2.96. The van der Waals surface area contributed by atoms with Gasteiger partial charge < -0.3 is 21.4 Å². The third-order valence-electron chi connectivity index (χ3n) is 2.96. The average molecular weight is 566 g/mol. The molecule has 0 atom stereocenters. The van der Waals surface area contributed by atoms with Crippen LogP contribution in [0.15, 0.2) is 15.9 Å². The Morgan fingerprint density at radius 2 is 1.29 bits per heavy atom. The van der Waals surface area contributed by atoms with Crippen molar-refractivity contribution in [1.82, 2.24) is 39.9 Å². The van der Waals surface area contributed by atoms with Gasteiger partial charge in [-0.05, 0) is 0 Å². The molecule has 0 aromatic carbocycles. The second kappa shape index (κ2) is 8.77. The van der Waals surface area contributed by atoms with Gasteiger partial charge in [0.15, 0.2) is 22.3 Å². The first-order valence-electron chi connectivity index (χ1n) is 7.42. The lowest BCUT2D eigenvalue weighted by Crippen LogP contribution is -2.11. The van der Waals surface area contributed by atoms with Crippen LogP contribution < -0.4 is 22.6 Å². The van der Waals surface area contributed by atoms with Crippen LogP contribution in [0.25, 0.3) is 22.3 Å². The minimum absolute atomic E-state index is 0.0783. The van der Waals surface area contributed by atoms with E-state index >= 15 is 0 Å². The molecule has 0 aliphatic rings. The Morgan fingerprint density at radius 3 is 1.81 bits per heavy atom. The van der Waals surface area contributed by atoms with Crippen LogP contribution in [0.2, 0.25) is 0 Å². The minimum atomic E-state index is -4.65. The summed E-state index contributed by atoms with van der Waals surface area (Å²) in [6.07, 6.45) is -3.26. The number of hydrogen-bond donors (Lipinski definition) is 6. The van der Waals surface area contributed by atoms with Gasteiger partial charge in [-0.1, -0.05) is 0 Å². The number of fused-ring (bicyclic) bond motifs is 2. The van der Waals surface area contributed by atoms with E-state index in [0.29, 0.717) is 33.8 Å². The summed E-state index contributed by atoms with van der Waals surface area (Å²) < 4.78 is 63.6. The number of rotatable bonds is 0. The van der Waals surface area contributed by atoms with Crippen molar-refractivity contribution in [2.45, 2.75) is 10.4 Å². The molecule has 4 aromatic rings. The zero-order chi connectivity index (χ0) is 23.6. The second-order valence-electron chi connectivity index (χ2n) is 5.21. The predicted molar refractivity (Wildman–Crippen MR) is 103 cm³/mol. The van der Waals surface area contributed by atoms with Crippen molar-refractivity contribution in [2.24, 2.45) is 0 Å². The zero-order valence-electron chi connectivity index (χ0n) is 14.5. The number of nitrogen functional groups attached to an aromatic ring is 2. The van der Waals surface area contributed by atoms with Crippen LogP contribution in [0.1, 0.15) is 5.82 Å². The lowest BCUT2D eigenvalue weighted by atomic mass is 10.5. The molecule has 4 heterocycles. The fourth-order valence-corrected chi connectivity index (χ4v) is 1.92. The number of alkyl halides is 7. The molecule has 0 amide bonds. The van der Waals surface area contributed by atoms with Crippen LogP contribution in [0.4, 0.5) is 38.2 Å². The maximum atomic E-state index is 12.2. The first-order chi connectivity index (χ1) is 14.1. The molecule has 0 radical (unpaired) electrons. The van der Waals surface area contributed by atoms with Crippen LogP contribution in [-0.2, 0) is 6.18 Å². The predicted octanol–water partition coefficient (Wildman–Crippen LogP) is 1.42. The molecule has 0 unspecified atom stereocenters. The summed E-state index contributed by atoms with van der Waals surface area (Å²) in [7, 11) is 0. The highest BCUT2D eigenvalue weighted by molar-refractivity contribution is 14.1. The van der Waals surface area contributed by atoms with Gasteiger partial charge in [0, 0.05) is 22.6 Å². The van der Waals surface area contributed by atoms with E-state index in [-0.39, 0.29) is 28.6 Å². The number of hydrogen-bond acceptors (Lipinski definition) is 8. The Bertz CT molecular complexity index is 1300. The maximum absolute atomic E-state index is 12.2. The summed E-state index contributed by atoms with van der Waals surface area (Å²) in [4.78, 5) is 45.1. The molecule has 12 nitrogen and oxygen atoms in total. The molecule has 31 heavy (non-hydrogen) atoms. The van der Waals surface area contributed by atoms with Gasteiger partial charge in [-0.25, -0.2) is 9.97 Å². The van der Waals surface area contributed by atoms with Crippen LogP contribution in [-0.4, -0.2) is 44.1 Å². The molecule has 0 spiro atoms. The van der Waals surface area contributed by atoms with E-state index in [0.717, 1.165) is 0 Å². The number of imidazole rings is 2. The molecular weight excluding hydrogens is 557 g/mol. The van der Waals surface area contributed by atoms with Gasteiger partial charge in [0.05, 0.1) is 6.33 Å². The van der Waals surface area contributed by atoms with Gasteiger partial charge in [0.2, 0.25) is 17.7 Å². The number of nitrogens with two attached hydrogens (primary N) is 2. The van der Waals surface area contributed by atoms with E-state index in [1.54, 1.807) is 0 Å². The van der Waals surface area contributed by atoms with Crippen LogP contribution in [0.3, 0.4) is 0 Å². The van der Waals surface area contributed by atoms with Crippen LogP contribution in [0.5, 0.6) is 0 Å². The number of nitrogens with zero attached hydrogens (tertiary/aromatic N) is 4. The largest absolute Gasteiger partial charge is 0.449 e. The molecule has 0 bridgehead atoms. The summed E-state index contributed by atoms with van der Waals surface area (Å²) in [5.41, 5.74) is 9.29. The second-order valence-corrected chi connectivity index (χ2v) is 6.44. The summed E-state index contributed by atoms with van der Waals surface area (Å²) in [5.74, 6) is -1.48. The van der Waals surface area contributed by atoms with Crippen LogP contribution in [0, 0.1) is 0 Å². The monoisotopic (exact) mass is 566 g/mol. The Hall–Kier alpha value is -3.39. The summed E-state index contributed by atoms with van der Waals surface area (Å²) in [5, 5.41) is 0. The quantitative estimate of drug-likeness (QED) is 0.104. The molecule has 0 fully saturated rings. The Morgan fingerprint density at radius 1 is 0.806 bits per heavy atom. The number of halogens is 7. The first-order valence-corrected chi connectivity index (χ1v) is 8.50. The zero-order valence-corrected chi connectivity index (χ0v) is 16.6. The average Bonchev–Trinajstić information content (AvgIpc) is 3.20. The smallest absolute Gasteiger partial charge is 0.369 e. The molecule has 8 N–H and O–H groups in total. The maximum Gasteiger partial charge on any atom is 0.449 e. The summed E-state index contributed by atoms with van der Waals surface area (Å²) in [6.45, 7) is 0. The third kappa shape index (κ3) is 6.82. The molecule has 19 heteroatoms. The Kier molecular flexibility index (Phi) is 6.76. The number of nitrogens with one attached hydrogen (secondary N) is 4. The minimum Gasteiger partial charge on any atom is -0.369 e. The fourth-order valence-electron chi connectivity index (χ4n) is 1.92. The fraction of sp³-hybridized carbons (Fsp3) is 0.167. The van der Waals surface area contributed by atoms with Crippen molar-refractivity contribution in [3.63, 3.8) is 0 Å². The molecule has 0 aliphatic heterocycles. The van der Waals surface area contributed by atoms with Crippen LogP contribution >= 0.6 is 22.6 Å². The van der Waals surface area contributed by atoms with Gasteiger partial charge in [-0.3, -0.25) is 19.6 Å².